The van der Waals surface area contributed by atoms with E-state index in [1.165, 1.54) is 19.6 Å². The van der Waals surface area contributed by atoms with Gasteiger partial charge in [-0.2, -0.15) is 0 Å². The molecule has 0 aliphatic heterocycles. The Labute approximate surface area is 80.3 Å². The maximum Gasteiger partial charge on any atom is 0.330 e. The SMILES string of the molecule is CCC/C=C/CC/C=C/C(=O)OC. The molecule has 0 unspecified atom stereocenters. The molecule has 0 N–H and O–H groups in total. The molecule has 0 amide bonds. The van der Waals surface area contributed by atoms with E-state index < -0.39 is 0 Å². The average Bonchev–Trinajstić information content (AvgIpc) is 2.16. The molecular weight excluding hydrogens is 164 g/mol. The van der Waals surface area contributed by atoms with Crippen molar-refractivity contribution in [2.24, 2.45) is 0 Å². The van der Waals surface area contributed by atoms with Crippen molar-refractivity contribution in [1.29, 1.82) is 0 Å². The Hall–Kier alpha value is -1.05. The predicted molar refractivity (Wildman–Crippen MR) is 54.4 cm³/mol. The zero-order valence-corrected chi connectivity index (χ0v) is 8.45. The molecule has 0 heterocycles. The highest BCUT2D eigenvalue weighted by Crippen LogP contribution is 1.96. The summed E-state index contributed by atoms with van der Waals surface area (Å²) < 4.78 is 4.45. The summed E-state index contributed by atoms with van der Waals surface area (Å²) >= 11 is 0. The van der Waals surface area contributed by atoms with Gasteiger partial charge in [0.2, 0.25) is 0 Å². The van der Waals surface area contributed by atoms with Gasteiger partial charge in [0.25, 0.3) is 0 Å². The highest BCUT2D eigenvalue weighted by atomic mass is 16.5. The maximum atomic E-state index is 10.6. The molecule has 0 aromatic carbocycles. The first kappa shape index (κ1) is 11.9. The fourth-order valence-electron chi connectivity index (χ4n) is 0.842. The molecule has 0 saturated carbocycles. The summed E-state index contributed by atoms with van der Waals surface area (Å²) in [5, 5.41) is 0. The van der Waals surface area contributed by atoms with Crippen LogP contribution in [0, 0.1) is 0 Å². The lowest BCUT2D eigenvalue weighted by Gasteiger charge is -1.89. The molecule has 13 heavy (non-hydrogen) atoms. The zero-order valence-electron chi connectivity index (χ0n) is 8.45. The lowest BCUT2D eigenvalue weighted by atomic mass is 10.2. The number of hydrogen-bond acceptors (Lipinski definition) is 2. The Kier molecular flexibility index (Phi) is 8.31. The minimum absolute atomic E-state index is 0.280. The van der Waals surface area contributed by atoms with E-state index in [-0.39, 0.29) is 5.97 Å². The smallest absolute Gasteiger partial charge is 0.330 e. The second kappa shape index (κ2) is 9.04. The van der Waals surface area contributed by atoms with Crippen LogP contribution in [0.1, 0.15) is 32.6 Å². The molecule has 0 aromatic heterocycles. The van der Waals surface area contributed by atoms with Crippen LogP contribution in [0.25, 0.3) is 0 Å². The van der Waals surface area contributed by atoms with E-state index in [1.54, 1.807) is 0 Å². The van der Waals surface area contributed by atoms with Crippen molar-refractivity contribution in [2.75, 3.05) is 7.11 Å². The van der Waals surface area contributed by atoms with Crippen LogP contribution in [0.2, 0.25) is 0 Å². The van der Waals surface area contributed by atoms with Gasteiger partial charge in [0.15, 0.2) is 0 Å². The first-order valence-electron chi connectivity index (χ1n) is 4.70. The maximum absolute atomic E-state index is 10.6. The van der Waals surface area contributed by atoms with Crippen LogP contribution in [0.15, 0.2) is 24.3 Å². The fourth-order valence-corrected chi connectivity index (χ4v) is 0.842. The van der Waals surface area contributed by atoms with Gasteiger partial charge in [0.1, 0.15) is 0 Å². The molecule has 74 valence electrons. The van der Waals surface area contributed by atoms with Gasteiger partial charge in [-0.1, -0.05) is 31.6 Å². The van der Waals surface area contributed by atoms with E-state index in [1.807, 2.05) is 6.08 Å². The molecule has 0 fully saturated rings. The van der Waals surface area contributed by atoms with Gasteiger partial charge in [-0.15, -0.1) is 0 Å². The van der Waals surface area contributed by atoms with Crippen molar-refractivity contribution in [3.05, 3.63) is 24.3 Å². The molecule has 0 atom stereocenters. The van der Waals surface area contributed by atoms with Crippen LogP contribution in [-0.4, -0.2) is 13.1 Å². The van der Waals surface area contributed by atoms with Gasteiger partial charge in [-0.05, 0) is 19.3 Å². The quantitative estimate of drug-likeness (QED) is 0.273. The highest BCUT2D eigenvalue weighted by Gasteiger charge is 1.87. The van der Waals surface area contributed by atoms with Crippen molar-refractivity contribution in [3.8, 4) is 0 Å². The van der Waals surface area contributed by atoms with Crippen LogP contribution in [0.5, 0.6) is 0 Å². The number of unbranched alkanes of at least 4 members (excludes halogenated alkanes) is 2. The van der Waals surface area contributed by atoms with Crippen molar-refractivity contribution < 1.29 is 9.53 Å². The molecule has 0 spiro atoms. The molecule has 0 bridgehead atoms. The average molecular weight is 182 g/mol. The molecule has 2 heteroatoms. The van der Waals surface area contributed by atoms with Crippen molar-refractivity contribution in [2.45, 2.75) is 32.6 Å². The third-order valence-corrected chi connectivity index (χ3v) is 1.58. The third kappa shape index (κ3) is 8.86. The van der Waals surface area contributed by atoms with Gasteiger partial charge >= 0.3 is 5.97 Å². The predicted octanol–water partition coefficient (Wildman–Crippen LogP) is 2.85. The highest BCUT2D eigenvalue weighted by molar-refractivity contribution is 5.81. The van der Waals surface area contributed by atoms with E-state index >= 15 is 0 Å². The zero-order chi connectivity index (χ0) is 9.94. The third-order valence-electron chi connectivity index (χ3n) is 1.58. The molecular formula is C11H18O2. The second-order valence-corrected chi connectivity index (χ2v) is 2.76. The lowest BCUT2D eigenvalue weighted by molar-refractivity contribution is -0.134. The van der Waals surface area contributed by atoms with Gasteiger partial charge in [0.05, 0.1) is 7.11 Å². The standard InChI is InChI=1S/C11H18O2/c1-3-4-5-6-7-8-9-10-11(12)13-2/h5-6,9-10H,3-4,7-8H2,1-2H3/b6-5+,10-9+. The summed E-state index contributed by atoms with van der Waals surface area (Å²) in [6, 6.07) is 0. The summed E-state index contributed by atoms with van der Waals surface area (Å²) in [7, 11) is 1.38. The minimum atomic E-state index is -0.280. The number of ether oxygens (including phenoxy) is 1. The summed E-state index contributed by atoms with van der Waals surface area (Å²) in [5.41, 5.74) is 0. The number of carbonyl (C=O) groups excluding carboxylic acids is 1. The molecule has 0 aromatic rings. The Morgan fingerprint density at radius 2 is 1.77 bits per heavy atom. The number of esters is 1. The van der Waals surface area contributed by atoms with Crippen LogP contribution in [0.3, 0.4) is 0 Å². The summed E-state index contributed by atoms with van der Waals surface area (Å²) in [6.45, 7) is 2.15. The van der Waals surface area contributed by atoms with E-state index in [0.29, 0.717) is 0 Å². The normalized spacial score (nSPS) is 11.2. The van der Waals surface area contributed by atoms with E-state index in [2.05, 4.69) is 23.8 Å². The second-order valence-electron chi connectivity index (χ2n) is 2.76. The van der Waals surface area contributed by atoms with Gasteiger partial charge < -0.3 is 4.74 Å². The van der Waals surface area contributed by atoms with E-state index in [9.17, 15) is 4.79 Å². The number of methoxy groups -OCH3 is 1. The summed E-state index contributed by atoms with van der Waals surface area (Å²) in [5.74, 6) is -0.280. The molecule has 0 aliphatic rings. The Morgan fingerprint density at radius 1 is 1.15 bits per heavy atom. The molecule has 2 nitrogen and oxygen atoms in total. The molecule has 0 aliphatic carbocycles. The first-order chi connectivity index (χ1) is 6.31. The lowest BCUT2D eigenvalue weighted by Crippen LogP contribution is -1.93. The minimum Gasteiger partial charge on any atom is -0.466 e. The van der Waals surface area contributed by atoms with Crippen LogP contribution in [0.4, 0.5) is 0 Å². The Morgan fingerprint density at radius 3 is 2.38 bits per heavy atom. The van der Waals surface area contributed by atoms with Crippen molar-refractivity contribution >= 4 is 5.97 Å². The number of rotatable bonds is 6. The Bertz CT molecular complexity index is 181. The fraction of sp³-hybridized carbons (Fsp3) is 0.545. The number of carbonyl (C=O) groups is 1. The van der Waals surface area contributed by atoms with Crippen LogP contribution < -0.4 is 0 Å². The Balaban J connectivity index is 3.34. The van der Waals surface area contributed by atoms with Crippen LogP contribution >= 0.6 is 0 Å². The monoisotopic (exact) mass is 182 g/mol. The van der Waals surface area contributed by atoms with Crippen molar-refractivity contribution in [3.63, 3.8) is 0 Å². The van der Waals surface area contributed by atoms with Crippen LogP contribution in [-0.2, 0) is 9.53 Å². The number of hydrogen-bond donors (Lipinski definition) is 0. The summed E-state index contributed by atoms with van der Waals surface area (Å²) in [4.78, 5) is 10.6. The van der Waals surface area contributed by atoms with Gasteiger partial charge in [0, 0.05) is 6.08 Å². The molecule has 0 rings (SSSR count). The van der Waals surface area contributed by atoms with Gasteiger partial charge in [-0.25, -0.2) is 4.79 Å². The largest absolute Gasteiger partial charge is 0.466 e. The topological polar surface area (TPSA) is 26.3 Å². The number of allylic oxidation sites excluding steroid dienone is 3. The van der Waals surface area contributed by atoms with Crippen molar-refractivity contribution in [1.82, 2.24) is 0 Å². The van der Waals surface area contributed by atoms with E-state index in [0.717, 1.165) is 19.3 Å². The molecule has 0 radical (unpaired) electrons. The van der Waals surface area contributed by atoms with E-state index in [4.69, 9.17) is 0 Å². The van der Waals surface area contributed by atoms with Gasteiger partial charge in [-0.3, -0.25) is 0 Å². The summed E-state index contributed by atoms with van der Waals surface area (Å²) in [6.07, 6.45) is 11.8. The molecule has 0 saturated heterocycles. The first-order valence-corrected chi connectivity index (χ1v) is 4.70.